The molecule has 3 aromatic rings. The van der Waals surface area contributed by atoms with Gasteiger partial charge in [0.25, 0.3) is 11.7 Å². The smallest absolute Gasteiger partial charge is 0.293 e. The standard InChI is InChI=1S/C14H16N6O2/c1-8-5-9(2)20-14(15-8)16-12(17-20)13(21)19(4)7-11-6-10(3)22-18-11/h5-6H,7H2,1-4H3. The zero-order valence-electron chi connectivity index (χ0n) is 12.9. The van der Waals surface area contributed by atoms with Gasteiger partial charge in [0.15, 0.2) is 0 Å². The van der Waals surface area contributed by atoms with E-state index in [9.17, 15) is 4.79 Å². The minimum atomic E-state index is -0.289. The van der Waals surface area contributed by atoms with Crippen molar-refractivity contribution in [1.29, 1.82) is 0 Å². The van der Waals surface area contributed by atoms with Crippen LogP contribution in [0.3, 0.4) is 0 Å². The Hall–Kier alpha value is -2.77. The van der Waals surface area contributed by atoms with Crippen LogP contribution in [0.2, 0.25) is 0 Å². The molecular formula is C14H16N6O2. The fourth-order valence-corrected chi connectivity index (χ4v) is 2.23. The summed E-state index contributed by atoms with van der Waals surface area (Å²) >= 11 is 0. The van der Waals surface area contributed by atoms with E-state index in [0.717, 1.165) is 11.4 Å². The summed E-state index contributed by atoms with van der Waals surface area (Å²) in [4.78, 5) is 22.4. The molecule has 1 amide bonds. The summed E-state index contributed by atoms with van der Waals surface area (Å²) in [6.07, 6.45) is 0. The highest BCUT2D eigenvalue weighted by molar-refractivity contribution is 5.90. The molecule has 0 saturated carbocycles. The quantitative estimate of drug-likeness (QED) is 0.724. The summed E-state index contributed by atoms with van der Waals surface area (Å²) < 4.78 is 6.56. The fourth-order valence-electron chi connectivity index (χ4n) is 2.23. The highest BCUT2D eigenvalue weighted by Crippen LogP contribution is 2.09. The summed E-state index contributed by atoms with van der Waals surface area (Å²) in [5.74, 6) is 0.954. The molecule has 0 spiro atoms. The molecule has 0 aliphatic carbocycles. The third kappa shape index (κ3) is 2.54. The number of carbonyl (C=O) groups excluding carboxylic acids is 1. The number of amides is 1. The second kappa shape index (κ2) is 5.21. The molecule has 0 radical (unpaired) electrons. The van der Waals surface area contributed by atoms with Crippen molar-refractivity contribution < 1.29 is 9.32 Å². The van der Waals surface area contributed by atoms with E-state index in [1.807, 2.05) is 19.9 Å². The lowest BCUT2D eigenvalue weighted by Gasteiger charge is -2.12. The van der Waals surface area contributed by atoms with E-state index >= 15 is 0 Å². The summed E-state index contributed by atoms with van der Waals surface area (Å²) in [5.41, 5.74) is 2.40. The Morgan fingerprint density at radius 1 is 1.27 bits per heavy atom. The van der Waals surface area contributed by atoms with E-state index in [1.165, 1.54) is 4.90 Å². The predicted octanol–water partition coefficient (Wildman–Crippen LogP) is 1.31. The number of rotatable bonds is 3. The van der Waals surface area contributed by atoms with Crippen LogP contribution in [0, 0.1) is 20.8 Å². The number of aromatic nitrogens is 5. The van der Waals surface area contributed by atoms with Crippen LogP contribution in [0.15, 0.2) is 16.7 Å². The van der Waals surface area contributed by atoms with E-state index in [4.69, 9.17) is 4.52 Å². The summed E-state index contributed by atoms with van der Waals surface area (Å²) in [5, 5.41) is 8.10. The van der Waals surface area contributed by atoms with Crippen LogP contribution in [-0.2, 0) is 6.54 Å². The first-order valence-corrected chi connectivity index (χ1v) is 6.82. The lowest BCUT2D eigenvalue weighted by Crippen LogP contribution is -2.27. The van der Waals surface area contributed by atoms with Gasteiger partial charge >= 0.3 is 0 Å². The Kier molecular flexibility index (Phi) is 3.36. The predicted molar refractivity (Wildman–Crippen MR) is 77.3 cm³/mol. The van der Waals surface area contributed by atoms with E-state index < -0.39 is 0 Å². The molecule has 0 aliphatic heterocycles. The molecule has 0 N–H and O–H groups in total. The van der Waals surface area contributed by atoms with E-state index in [1.54, 1.807) is 24.6 Å². The normalized spacial score (nSPS) is 11.1. The number of aryl methyl sites for hydroxylation is 3. The van der Waals surface area contributed by atoms with Crippen LogP contribution in [-0.4, -0.2) is 42.6 Å². The van der Waals surface area contributed by atoms with Gasteiger partial charge in [-0.05, 0) is 26.8 Å². The molecule has 0 aliphatic rings. The lowest BCUT2D eigenvalue weighted by molar-refractivity contribution is 0.0770. The van der Waals surface area contributed by atoms with Gasteiger partial charge in [-0.1, -0.05) is 5.16 Å². The summed E-state index contributed by atoms with van der Waals surface area (Å²) in [7, 11) is 1.67. The lowest BCUT2D eigenvalue weighted by atomic mass is 10.3. The van der Waals surface area contributed by atoms with Crippen molar-refractivity contribution in [3.63, 3.8) is 0 Å². The summed E-state index contributed by atoms with van der Waals surface area (Å²) in [6, 6.07) is 3.67. The number of nitrogens with zero attached hydrogens (tertiary/aromatic N) is 6. The Labute approximate surface area is 126 Å². The van der Waals surface area contributed by atoms with Crippen LogP contribution in [0.1, 0.15) is 33.5 Å². The van der Waals surface area contributed by atoms with Crippen molar-refractivity contribution in [2.75, 3.05) is 7.05 Å². The van der Waals surface area contributed by atoms with Crippen LogP contribution in [0.5, 0.6) is 0 Å². The van der Waals surface area contributed by atoms with Crippen LogP contribution in [0.4, 0.5) is 0 Å². The SMILES string of the molecule is Cc1cc(C)n2nc(C(=O)N(C)Cc3cc(C)on3)nc2n1. The van der Waals surface area contributed by atoms with E-state index in [2.05, 4.69) is 20.2 Å². The number of fused-ring (bicyclic) bond motifs is 1. The highest BCUT2D eigenvalue weighted by atomic mass is 16.5. The molecule has 3 rings (SSSR count). The van der Waals surface area contributed by atoms with Gasteiger partial charge in [-0.15, -0.1) is 5.10 Å². The second-order valence-electron chi connectivity index (χ2n) is 5.28. The average molecular weight is 300 g/mol. The largest absolute Gasteiger partial charge is 0.361 e. The van der Waals surface area contributed by atoms with Crippen LogP contribution >= 0.6 is 0 Å². The number of hydrogen-bond acceptors (Lipinski definition) is 6. The van der Waals surface area contributed by atoms with Crippen molar-refractivity contribution in [3.05, 3.63) is 40.8 Å². The minimum Gasteiger partial charge on any atom is -0.361 e. The molecule has 0 bridgehead atoms. The molecule has 8 heteroatoms. The van der Waals surface area contributed by atoms with Gasteiger partial charge in [0.2, 0.25) is 5.82 Å². The van der Waals surface area contributed by atoms with Crippen molar-refractivity contribution in [2.24, 2.45) is 0 Å². The van der Waals surface area contributed by atoms with Crippen molar-refractivity contribution >= 4 is 11.7 Å². The first-order valence-electron chi connectivity index (χ1n) is 6.82. The van der Waals surface area contributed by atoms with E-state index in [-0.39, 0.29) is 11.7 Å². The van der Waals surface area contributed by atoms with Crippen molar-refractivity contribution in [1.82, 2.24) is 29.6 Å². The third-order valence-electron chi connectivity index (χ3n) is 3.23. The molecule has 8 nitrogen and oxygen atoms in total. The van der Waals surface area contributed by atoms with Gasteiger partial charge in [0, 0.05) is 24.5 Å². The maximum absolute atomic E-state index is 12.4. The average Bonchev–Trinajstić information content (AvgIpc) is 3.04. The number of hydrogen-bond donors (Lipinski definition) is 0. The molecule has 0 aromatic carbocycles. The third-order valence-corrected chi connectivity index (χ3v) is 3.23. The minimum absolute atomic E-state index is 0.115. The molecule has 0 saturated heterocycles. The highest BCUT2D eigenvalue weighted by Gasteiger charge is 2.20. The Bertz CT molecular complexity index is 850. The van der Waals surface area contributed by atoms with Gasteiger partial charge in [0.1, 0.15) is 11.5 Å². The van der Waals surface area contributed by atoms with Gasteiger partial charge in [-0.25, -0.2) is 9.50 Å². The molecule has 3 heterocycles. The van der Waals surface area contributed by atoms with Crippen LogP contribution < -0.4 is 0 Å². The molecular weight excluding hydrogens is 284 g/mol. The molecule has 0 atom stereocenters. The molecule has 0 fully saturated rings. The van der Waals surface area contributed by atoms with Gasteiger partial charge in [-0.3, -0.25) is 4.79 Å². The number of carbonyl (C=O) groups is 1. The van der Waals surface area contributed by atoms with Crippen LogP contribution in [0.25, 0.3) is 5.78 Å². The Balaban J connectivity index is 1.86. The zero-order chi connectivity index (χ0) is 15.9. The molecule has 3 aromatic heterocycles. The zero-order valence-corrected chi connectivity index (χ0v) is 12.9. The monoisotopic (exact) mass is 300 g/mol. The Morgan fingerprint density at radius 2 is 2.05 bits per heavy atom. The maximum Gasteiger partial charge on any atom is 0.293 e. The molecule has 22 heavy (non-hydrogen) atoms. The maximum atomic E-state index is 12.4. The van der Waals surface area contributed by atoms with Crippen molar-refractivity contribution in [2.45, 2.75) is 27.3 Å². The summed E-state index contributed by atoms with van der Waals surface area (Å²) in [6.45, 7) is 5.91. The van der Waals surface area contributed by atoms with Crippen molar-refractivity contribution in [3.8, 4) is 0 Å². The topological polar surface area (TPSA) is 89.4 Å². The molecule has 0 unspecified atom stereocenters. The second-order valence-corrected chi connectivity index (χ2v) is 5.28. The first kappa shape index (κ1) is 14.2. The molecule has 114 valence electrons. The van der Waals surface area contributed by atoms with Gasteiger partial charge < -0.3 is 9.42 Å². The first-order chi connectivity index (χ1) is 10.4. The van der Waals surface area contributed by atoms with Gasteiger partial charge in [0.05, 0.1) is 6.54 Å². The van der Waals surface area contributed by atoms with Gasteiger partial charge in [-0.2, -0.15) is 4.98 Å². The Morgan fingerprint density at radius 3 is 2.73 bits per heavy atom. The fraction of sp³-hybridized carbons (Fsp3) is 0.357. The van der Waals surface area contributed by atoms with E-state index in [0.29, 0.717) is 23.8 Å².